The number of imide groups is 1. The van der Waals surface area contributed by atoms with E-state index in [9.17, 15) is 14.4 Å². The molecule has 0 aromatic carbocycles. The van der Waals surface area contributed by atoms with E-state index in [1.807, 2.05) is 0 Å². The van der Waals surface area contributed by atoms with Crippen LogP contribution in [0.1, 0.15) is 26.7 Å². The van der Waals surface area contributed by atoms with Crippen molar-refractivity contribution >= 4 is 17.9 Å². The molecule has 2 N–H and O–H groups in total. The van der Waals surface area contributed by atoms with Gasteiger partial charge in [-0.2, -0.15) is 0 Å². The predicted octanol–water partition coefficient (Wildman–Crippen LogP) is 0.706. The molecule has 0 spiro atoms. The van der Waals surface area contributed by atoms with Crippen molar-refractivity contribution in [3.63, 3.8) is 0 Å². The zero-order chi connectivity index (χ0) is 14.5. The molecule has 19 heavy (non-hydrogen) atoms. The first kappa shape index (κ1) is 16.9. The monoisotopic (exact) mass is 272 g/mol. The Balaban J connectivity index is 3.64. The van der Waals surface area contributed by atoms with Crippen molar-refractivity contribution in [2.75, 3.05) is 19.8 Å². The number of nitrogens with one attached hydrogen (secondary N) is 2. The van der Waals surface area contributed by atoms with E-state index in [0.29, 0.717) is 19.6 Å². The molecule has 0 saturated carbocycles. The molecule has 7 heteroatoms. The highest BCUT2D eigenvalue weighted by molar-refractivity contribution is 6.00. The summed E-state index contributed by atoms with van der Waals surface area (Å²) in [6.07, 6.45) is 3.01. The first-order valence-corrected chi connectivity index (χ1v) is 6.12. The van der Waals surface area contributed by atoms with E-state index < -0.39 is 11.9 Å². The van der Waals surface area contributed by atoms with E-state index in [1.165, 1.54) is 6.26 Å². The normalized spacial score (nSPS) is 10.0. The van der Waals surface area contributed by atoms with Crippen LogP contribution in [-0.2, 0) is 19.1 Å². The topological polar surface area (TPSA) is 93.7 Å². The number of esters is 1. The lowest BCUT2D eigenvalue weighted by Crippen LogP contribution is -2.39. The molecule has 0 rings (SSSR count). The molecule has 0 aliphatic rings. The third-order valence-electron chi connectivity index (χ3n) is 1.87. The Labute approximate surface area is 112 Å². The van der Waals surface area contributed by atoms with Crippen LogP contribution in [0, 0.1) is 0 Å². The Morgan fingerprint density at radius 2 is 1.89 bits per heavy atom. The third-order valence-corrected chi connectivity index (χ3v) is 1.87. The molecule has 0 heterocycles. The van der Waals surface area contributed by atoms with Gasteiger partial charge >= 0.3 is 12.0 Å². The van der Waals surface area contributed by atoms with Crippen molar-refractivity contribution in [2.45, 2.75) is 26.7 Å². The maximum absolute atomic E-state index is 11.2. The molecule has 0 aliphatic carbocycles. The van der Waals surface area contributed by atoms with Crippen molar-refractivity contribution in [3.8, 4) is 0 Å². The van der Waals surface area contributed by atoms with Gasteiger partial charge in [-0.3, -0.25) is 14.9 Å². The van der Waals surface area contributed by atoms with E-state index in [1.54, 1.807) is 13.8 Å². The molecule has 0 bridgehead atoms. The van der Waals surface area contributed by atoms with Gasteiger partial charge in [0.15, 0.2) is 0 Å². The average molecular weight is 272 g/mol. The molecule has 0 saturated heterocycles. The Kier molecular flexibility index (Phi) is 9.87. The van der Waals surface area contributed by atoms with E-state index in [4.69, 9.17) is 9.47 Å². The van der Waals surface area contributed by atoms with Gasteiger partial charge in [-0.1, -0.05) is 0 Å². The van der Waals surface area contributed by atoms with Crippen LogP contribution in [0.15, 0.2) is 12.3 Å². The zero-order valence-corrected chi connectivity index (χ0v) is 11.2. The molecule has 0 unspecified atom stereocenters. The van der Waals surface area contributed by atoms with Crippen LogP contribution in [0.25, 0.3) is 0 Å². The molecule has 0 aromatic heterocycles. The number of rotatable bonds is 8. The maximum atomic E-state index is 11.2. The third kappa shape index (κ3) is 10.8. The summed E-state index contributed by atoms with van der Waals surface area (Å²) >= 11 is 0. The first-order valence-electron chi connectivity index (χ1n) is 6.12. The molecule has 0 atom stereocenters. The summed E-state index contributed by atoms with van der Waals surface area (Å²) in [6, 6.07) is -0.616. The lowest BCUT2D eigenvalue weighted by atomic mass is 10.3. The lowest BCUT2D eigenvalue weighted by Gasteiger charge is -2.05. The van der Waals surface area contributed by atoms with Crippen molar-refractivity contribution < 1.29 is 23.9 Å². The fraction of sp³-hybridized carbons (Fsp3) is 0.583. The number of urea groups is 1. The molecular weight excluding hydrogens is 252 g/mol. The summed E-state index contributed by atoms with van der Waals surface area (Å²) in [5.41, 5.74) is 0. The van der Waals surface area contributed by atoms with Gasteiger partial charge < -0.3 is 14.8 Å². The first-order chi connectivity index (χ1) is 9.10. The minimum absolute atomic E-state index is 0.228. The minimum Gasteiger partial charge on any atom is -0.501 e. The van der Waals surface area contributed by atoms with Gasteiger partial charge in [0.25, 0.3) is 5.91 Å². The molecule has 0 fully saturated rings. The number of carbonyl (C=O) groups is 3. The quantitative estimate of drug-likeness (QED) is 0.294. The molecular formula is C12H20N2O5. The molecule has 3 amide bonds. The van der Waals surface area contributed by atoms with Gasteiger partial charge in [0, 0.05) is 19.0 Å². The van der Waals surface area contributed by atoms with Gasteiger partial charge in [-0.15, -0.1) is 0 Å². The molecule has 108 valence electrons. The van der Waals surface area contributed by atoms with Crippen molar-refractivity contribution in [1.82, 2.24) is 10.6 Å². The van der Waals surface area contributed by atoms with Crippen LogP contribution >= 0.6 is 0 Å². The second-order valence-corrected chi connectivity index (χ2v) is 3.41. The number of hydrogen-bond acceptors (Lipinski definition) is 5. The number of carbonyl (C=O) groups excluding carboxylic acids is 3. The molecule has 0 radical (unpaired) electrons. The Bertz CT molecular complexity index is 328. The van der Waals surface area contributed by atoms with Crippen LogP contribution < -0.4 is 10.6 Å². The SMILES string of the molecule is CCOC=CC(=O)NC(=O)NCCCC(=O)OCC. The highest BCUT2D eigenvalue weighted by Crippen LogP contribution is 1.91. The van der Waals surface area contributed by atoms with Crippen LogP contribution in [0.5, 0.6) is 0 Å². The van der Waals surface area contributed by atoms with E-state index in [0.717, 1.165) is 6.08 Å². The van der Waals surface area contributed by atoms with Crippen LogP contribution in [0.2, 0.25) is 0 Å². The zero-order valence-electron chi connectivity index (χ0n) is 11.2. The van der Waals surface area contributed by atoms with Gasteiger partial charge in [0.1, 0.15) is 0 Å². The van der Waals surface area contributed by atoms with Crippen LogP contribution in [-0.4, -0.2) is 37.7 Å². The average Bonchev–Trinajstić information content (AvgIpc) is 2.35. The lowest BCUT2D eigenvalue weighted by molar-refractivity contribution is -0.143. The highest BCUT2D eigenvalue weighted by Gasteiger charge is 2.05. The summed E-state index contributed by atoms with van der Waals surface area (Å²) in [5.74, 6) is -0.878. The van der Waals surface area contributed by atoms with E-state index >= 15 is 0 Å². The summed E-state index contributed by atoms with van der Waals surface area (Å²) in [6.45, 7) is 4.58. The van der Waals surface area contributed by atoms with E-state index in [-0.39, 0.29) is 18.9 Å². The highest BCUT2D eigenvalue weighted by atomic mass is 16.5. The second kappa shape index (κ2) is 11.1. The standard InChI is InChI=1S/C12H20N2O5/c1-3-18-9-7-10(15)14-12(17)13-8-5-6-11(16)19-4-2/h7,9H,3-6,8H2,1-2H3,(H2,13,14,15,17). The van der Waals surface area contributed by atoms with Crippen molar-refractivity contribution in [3.05, 3.63) is 12.3 Å². The van der Waals surface area contributed by atoms with Crippen molar-refractivity contribution in [2.24, 2.45) is 0 Å². The minimum atomic E-state index is -0.616. The number of hydrogen-bond donors (Lipinski definition) is 2. The number of amides is 3. The number of ether oxygens (including phenoxy) is 2. The maximum Gasteiger partial charge on any atom is 0.321 e. The van der Waals surface area contributed by atoms with Crippen LogP contribution in [0.3, 0.4) is 0 Å². The summed E-state index contributed by atoms with van der Waals surface area (Å²) in [4.78, 5) is 33.3. The fourth-order valence-electron chi connectivity index (χ4n) is 1.07. The van der Waals surface area contributed by atoms with Gasteiger partial charge in [-0.05, 0) is 20.3 Å². The fourth-order valence-corrected chi connectivity index (χ4v) is 1.07. The Hall–Kier alpha value is -2.05. The van der Waals surface area contributed by atoms with Crippen molar-refractivity contribution in [1.29, 1.82) is 0 Å². The van der Waals surface area contributed by atoms with Crippen LogP contribution in [0.4, 0.5) is 4.79 Å². The molecule has 7 nitrogen and oxygen atoms in total. The molecule has 0 aliphatic heterocycles. The predicted molar refractivity (Wildman–Crippen MR) is 68.2 cm³/mol. The van der Waals surface area contributed by atoms with Gasteiger partial charge in [0.2, 0.25) is 0 Å². The summed E-state index contributed by atoms with van der Waals surface area (Å²) in [7, 11) is 0. The van der Waals surface area contributed by atoms with E-state index in [2.05, 4.69) is 10.6 Å². The Morgan fingerprint density at radius 3 is 2.53 bits per heavy atom. The summed E-state index contributed by atoms with van der Waals surface area (Å²) < 4.78 is 9.53. The van der Waals surface area contributed by atoms with Gasteiger partial charge in [0.05, 0.1) is 19.5 Å². The van der Waals surface area contributed by atoms with Gasteiger partial charge in [-0.25, -0.2) is 4.79 Å². The smallest absolute Gasteiger partial charge is 0.321 e. The summed E-state index contributed by atoms with van der Waals surface area (Å²) in [5, 5.41) is 4.53. The Morgan fingerprint density at radius 1 is 1.16 bits per heavy atom. The largest absolute Gasteiger partial charge is 0.501 e. The second-order valence-electron chi connectivity index (χ2n) is 3.41. The molecule has 0 aromatic rings.